The van der Waals surface area contributed by atoms with E-state index in [1.807, 2.05) is 26.0 Å². The van der Waals surface area contributed by atoms with Crippen molar-refractivity contribution in [3.63, 3.8) is 0 Å². The molecule has 1 saturated carbocycles. The van der Waals surface area contributed by atoms with Crippen molar-refractivity contribution >= 4 is 34.3 Å². The highest BCUT2D eigenvalue weighted by molar-refractivity contribution is 6.07. The van der Waals surface area contributed by atoms with E-state index >= 15 is 0 Å². The third-order valence-electron chi connectivity index (χ3n) is 8.05. The minimum atomic E-state index is -2.81. The zero-order valence-electron chi connectivity index (χ0n) is 24.2. The summed E-state index contributed by atoms with van der Waals surface area (Å²) in [6.45, 7) is 5.45. The van der Waals surface area contributed by atoms with Gasteiger partial charge in [-0.1, -0.05) is 0 Å². The molecule has 1 aromatic carbocycles. The molecule has 0 saturated heterocycles. The second-order valence-electron chi connectivity index (χ2n) is 11.4. The molecule has 0 atom stereocenters. The summed E-state index contributed by atoms with van der Waals surface area (Å²) < 4.78 is 36.5. The summed E-state index contributed by atoms with van der Waals surface area (Å²) in [4.78, 5) is 23.9. The first-order chi connectivity index (χ1) is 21.1. The number of aryl methyl sites for hydroxylation is 1. The Kier molecular flexibility index (Phi) is 6.10. The summed E-state index contributed by atoms with van der Waals surface area (Å²) in [5.41, 5.74) is 2.09. The summed E-state index contributed by atoms with van der Waals surface area (Å²) in [6, 6.07) is 11.8. The highest BCUT2D eigenvalue weighted by atomic mass is 19.3. The number of nitriles is 1. The second-order valence-corrected chi connectivity index (χ2v) is 11.4. The Morgan fingerprint density at radius 1 is 1.14 bits per heavy atom. The van der Waals surface area contributed by atoms with Crippen LogP contribution in [0.5, 0.6) is 5.75 Å². The van der Waals surface area contributed by atoms with Crippen LogP contribution in [0.3, 0.4) is 0 Å². The number of carbonyl (C=O) groups is 1. The molecule has 1 fully saturated rings. The number of fused-ring (bicyclic) bond motifs is 2. The Morgan fingerprint density at radius 3 is 2.61 bits per heavy atom. The van der Waals surface area contributed by atoms with Crippen molar-refractivity contribution in [2.24, 2.45) is 0 Å². The molecule has 1 N–H and O–H groups in total. The highest BCUT2D eigenvalue weighted by Crippen LogP contribution is 2.46. The van der Waals surface area contributed by atoms with Crippen LogP contribution in [-0.4, -0.2) is 53.6 Å². The standard InChI is InChI=1S/C30H26F2N10O2/c1-15-9-16(13-33)39-42(15)27-18(26(31)32)7-8-25(36-27)40-14-34-20-11-21(23(44-4)12-22(20)40)35-24-10-19-28(38-37-24)41(17-5-6-17)29(43)30(19,2)3/h7-12,14,17,26H,5-6H2,1-4H3,(H,35,37). The molecule has 5 heterocycles. The molecule has 2 aliphatic rings. The van der Waals surface area contributed by atoms with Gasteiger partial charge in [-0.3, -0.25) is 14.3 Å². The lowest BCUT2D eigenvalue weighted by Crippen LogP contribution is -2.37. The van der Waals surface area contributed by atoms with Gasteiger partial charge in [0.1, 0.15) is 24.0 Å². The number of methoxy groups -OCH3 is 1. The van der Waals surface area contributed by atoms with Crippen molar-refractivity contribution in [2.45, 2.75) is 51.5 Å². The van der Waals surface area contributed by atoms with Crippen LogP contribution < -0.4 is 15.0 Å². The number of carbonyl (C=O) groups excluding carboxylic acids is 1. The monoisotopic (exact) mass is 596 g/mol. The quantitative estimate of drug-likeness (QED) is 0.273. The van der Waals surface area contributed by atoms with Crippen molar-refractivity contribution in [3.8, 4) is 23.5 Å². The van der Waals surface area contributed by atoms with Crippen LogP contribution in [0.2, 0.25) is 0 Å². The fraction of sp³-hybridized carbons (Fsp3) is 0.300. The summed E-state index contributed by atoms with van der Waals surface area (Å²) in [5, 5.41) is 25.4. The summed E-state index contributed by atoms with van der Waals surface area (Å²) in [7, 11) is 1.53. The van der Waals surface area contributed by atoms with Gasteiger partial charge in [0, 0.05) is 23.4 Å². The smallest absolute Gasteiger partial charge is 0.267 e. The Balaban J connectivity index is 1.26. The largest absolute Gasteiger partial charge is 0.494 e. The number of hydrogen-bond donors (Lipinski definition) is 1. The predicted octanol–water partition coefficient (Wildman–Crippen LogP) is 5.05. The van der Waals surface area contributed by atoms with Gasteiger partial charge in [0.25, 0.3) is 6.43 Å². The number of imidazole rings is 1. The molecule has 0 bridgehead atoms. The number of hydrogen-bond acceptors (Lipinski definition) is 9. The van der Waals surface area contributed by atoms with Gasteiger partial charge in [0.05, 0.1) is 34.8 Å². The Labute approximate surface area is 249 Å². The normalized spacial score (nSPS) is 15.6. The van der Waals surface area contributed by atoms with E-state index in [4.69, 9.17) is 4.74 Å². The summed E-state index contributed by atoms with van der Waals surface area (Å²) >= 11 is 0. The van der Waals surface area contributed by atoms with Gasteiger partial charge < -0.3 is 10.1 Å². The van der Waals surface area contributed by atoms with Crippen LogP contribution in [0.4, 0.5) is 26.1 Å². The summed E-state index contributed by atoms with van der Waals surface area (Å²) in [6.07, 6.45) is 0.654. The van der Waals surface area contributed by atoms with Gasteiger partial charge >= 0.3 is 0 Å². The number of nitrogens with zero attached hydrogens (tertiary/aromatic N) is 9. The fourth-order valence-corrected chi connectivity index (χ4v) is 5.56. The molecular formula is C30H26F2N10O2. The molecule has 0 spiro atoms. The maximum absolute atomic E-state index is 14.0. The molecule has 1 aliphatic heterocycles. The molecular weight excluding hydrogens is 570 g/mol. The average molecular weight is 597 g/mol. The number of benzene rings is 1. The molecule has 1 amide bonds. The molecule has 7 rings (SSSR count). The average Bonchev–Trinajstić information content (AvgIpc) is 3.59. The fourth-order valence-electron chi connectivity index (χ4n) is 5.56. The molecule has 5 aromatic rings. The number of pyridine rings is 1. The zero-order valence-corrected chi connectivity index (χ0v) is 24.2. The molecule has 14 heteroatoms. The second kappa shape index (κ2) is 9.80. The number of halogens is 2. The Morgan fingerprint density at radius 2 is 1.93 bits per heavy atom. The van der Waals surface area contributed by atoms with Crippen molar-refractivity contribution in [3.05, 3.63) is 65.2 Å². The van der Waals surface area contributed by atoms with Crippen molar-refractivity contribution in [2.75, 3.05) is 17.3 Å². The topological polar surface area (TPSA) is 140 Å². The van der Waals surface area contributed by atoms with E-state index in [0.717, 1.165) is 18.4 Å². The van der Waals surface area contributed by atoms with E-state index in [1.54, 1.807) is 28.5 Å². The molecule has 44 heavy (non-hydrogen) atoms. The van der Waals surface area contributed by atoms with Gasteiger partial charge in [-0.25, -0.2) is 23.4 Å². The Hall–Kier alpha value is -5.45. The van der Waals surface area contributed by atoms with Gasteiger partial charge in [0.2, 0.25) is 5.91 Å². The molecule has 0 radical (unpaired) electrons. The number of aromatic nitrogens is 7. The molecule has 12 nitrogen and oxygen atoms in total. The number of anilines is 3. The summed E-state index contributed by atoms with van der Waals surface area (Å²) in [5.74, 6) is 1.77. The maximum atomic E-state index is 14.0. The van der Waals surface area contributed by atoms with Crippen LogP contribution in [0.1, 0.15) is 55.6 Å². The van der Waals surface area contributed by atoms with Gasteiger partial charge in [0.15, 0.2) is 23.1 Å². The molecule has 0 unspecified atom stereocenters. The number of rotatable bonds is 7. The molecule has 222 valence electrons. The van der Waals surface area contributed by atoms with Crippen molar-refractivity contribution in [1.29, 1.82) is 5.26 Å². The number of ether oxygens (including phenoxy) is 1. The number of alkyl halides is 2. The lowest BCUT2D eigenvalue weighted by atomic mass is 9.87. The highest BCUT2D eigenvalue weighted by Gasteiger charge is 2.50. The van der Waals surface area contributed by atoms with Crippen LogP contribution in [0.15, 0.2) is 42.7 Å². The van der Waals surface area contributed by atoms with E-state index in [9.17, 15) is 18.8 Å². The molecule has 4 aromatic heterocycles. The van der Waals surface area contributed by atoms with Crippen molar-refractivity contribution in [1.82, 2.24) is 34.5 Å². The van der Waals surface area contributed by atoms with E-state index in [-0.39, 0.29) is 29.0 Å². The van der Waals surface area contributed by atoms with E-state index in [2.05, 4.69) is 30.6 Å². The minimum Gasteiger partial charge on any atom is -0.494 e. The Bertz CT molecular complexity index is 2020. The lowest BCUT2D eigenvalue weighted by molar-refractivity contribution is -0.122. The third kappa shape index (κ3) is 4.23. The third-order valence-corrected chi connectivity index (χ3v) is 8.05. The first-order valence-corrected chi connectivity index (χ1v) is 13.9. The van der Waals surface area contributed by atoms with Gasteiger partial charge in [-0.2, -0.15) is 10.4 Å². The van der Waals surface area contributed by atoms with Gasteiger partial charge in [-0.05, 0) is 63.9 Å². The predicted molar refractivity (Wildman–Crippen MR) is 156 cm³/mol. The van der Waals surface area contributed by atoms with Crippen molar-refractivity contribution < 1.29 is 18.3 Å². The lowest BCUT2D eigenvalue weighted by Gasteiger charge is -2.18. The van der Waals surface area contributed by atoms with Crippen LogP contribution in [0.25, 0.3) is 22.7 Å². The van der Waals surface area contributed by atoms with E-state index in [0.29, 0.717) is 45.6 Å². The van der Waals surface area contributed by atoms with Gasteiger partial charge in [-0.15, -0.1) is 10.2 Å². The number of amides is 1. The number of nitrogens with one attached hydrogen (secondary N) is 1. The van der Waals surface area contributed by atoms with Crippen LogP contribution >= 0.6 is 0 Å². The first-order valence-electron chi connectivity index (χ1n) is 13.9. The molecule has 1 aliphatic carbocycles. The SMILES string of the molecule is COc1cc2c(cc1Nc1cc3c(nn1)N(C1CC1)C(=O)C3(C)C)ncn2-c1ccc(C(F)F)c(-n2nc(C#N)cc2C)n1. The van der Waals surface area contributed by atoms with E-state index < -0.39 is 11.8 Å². The minimum absolute atomic E-state index is 0.0255. The maximum Gasteiger partial charge on any atom is 0.267 e. The van der Waals surface area contributed by atoms with Crippen LogP contribution in [0, 0.1) is 18.3 Å². The van der Waals surface area contributed by atoms with Crippen LogP contribution in [-0.2, 0) is 10.2 Å². The van der Waals surface area contributed by atoms with E-state index in [1.165, 1.54) is 36.3 Å². The zero-order chi connectivity index (χ0) is 30.9. The first kappa shape index (κ1) is 27.4.